The van der Waals surface area contributed by atoms with Crippen LogP contribution in [-0.4, -0.2) is 36.7 Å². The molecule has 1 saturated heterocycles. The van der Waals surface area contributed by atoms with E-state index < -0.39 is 0 Å². The minimum atomic E-state index is -0.135. The molecule has 0 radical (unpaired) electrons. The first kappa shape index (κ1) is 17.0. The van der Waals surface area contributed by atoms with Crippen LogP contribution in [0.25, 0.3) is 0 Å². The minimum absolute atomic E-state index is 0.135. The number of nitrogens with one attached hydrogen (secondary N) is 2. The van der Waals surface area contributed by atoms with E-state index in [0.29, 0.717) is 12.2 Å². The quantitative estimate of drug-likeness (QED) is 0.754. The van der Waals surface area contributed by atoms with Gasteiger partial charge in [-0.25, -0.2) is 4.98 Å². The van der Waals surface area contributed by atoms with E-state index in [1.54, 1.807) is 17.8 Å². The first-order valence-electron chi connectivity index (χ1n) is 9.09. The maximum Gasteiger partial charge on any atom is 0.269 e. The van der Waals surface area contributed by atoms with E-state index in [2.05, 4.69) is 21.7 Å². The number of aromatic nitrogens is 1. The summed E-state index contributed by atoms with van der Waals surface area (Å²) in [5, 5.41) is 6.27. The number of rotatable bonds is 7. The largest absolute Gasteiger partial charge is 0.383 e. The Labute approximate surface area is 143 Å². The highest BCUT2D eigenvalue weighted by atomic mass is 16.5. The van der Waals surface area contributed by atoms with Gasteiger partial charge in [0.25, 0.3) is 5.91 Å². The van der Waals surface area contributed by atoms with Crippen LogP contribution in [0.3, 0.4) is 0 Å². The van der Waals surface area contributed by atoms with Gasteiger partial charge >= 0.3 is 0 Å². The molecule has 2 aliphatic rings. The van der Waals surface area contributed by atoms with E-state index in [9.17, 15) is 4.79 Å². The Hall–Kier alpha value is -1.88. The summed E-state index contributed by atoms with van der Waals surface area (Å²) < 4.78 is 5.50. The molecule has 1 aliphatic carbocycles. The SMILES string of the molecule is O=C(NCC1CCCO1)c1ccc(NCCC2=CCCCC2)cn1. The number of amides is 1. The standard InChI is InChI=1S/C19H27N3O2/c23-19(22-14-17-7-4-12-24-17)18-9-8-16(13-21-18)20-11-10-15-5-2-1-3-6-15/h5,8-9,13,17,20H,1-4,6-7,10-12,14H2,(H,22,23). The van der Waals surface area contributed by atoms with Gasteiger partial charge in [-0.05, 0) is 57.1 Å². The lowest BCUT2D eigenvalue weighted by molar-refractivity contribution is 0.0854. The Morgan fingerprint density at radius 3 is 2.96 bits per heavy atom. The van der Waals surface area contributed by atoms with Gasteiger partial charge in [-0.1, -0.05) is 11.6 Å². The first-order chi connectivity index (χ1) is 11.8. The second kappa shape index (κ2) is 8.83. The maximum absolute atomic E-state index is 12.1. The third kappa shape index (κ3) is 5.06. The van der Waals surface area contributed by atoms with E-state index in [1.165, 1.54) is 25.7 Å². The van der Waals surface area contributed by atoms with Crippen molar-refractivity contribution in [2.45, 2.75) is 51.0 Å². The molecule has 3 rings (SSSR count). The van der Waals surface area contributed by atoms with Crippen molar-refractivity contribution in [1.82, 2.24) is 10.3 Å². The molecular weight excluding hydrogens is 302 g/mol. The van der Waals surface area contributed by atoms with Crippen LogP contribution in [0.1, 0.15) is 55.4 Å². The number of pyridine rings is 1. The van der Waals surface area contributed by atoms with E-state index in [4.69, 9.17) is 4.74 Å². The van der Waals surface area contributed by atoms with Crippen LogP contribution < -0.4 is 10.6 Å². The van der Waals surface area contributed by atoms with Crippen LogP contribution in [0.4, 0.5) is 5.69 Å². The van der Waals surface area contributed by atoms with Crippen molar-refractivity contribution in [2.75, 3.05) is 25.0 Å². The molecule has 2 heterocycles. The van der Waals surface area contributed by atoms with Crippen molar-refractivity contribution in [3.8, 4) is 0 Å². The summed E-state index contributed by atoms with van der Waals surface area (Å²) in [6.45, 7) is 2.28. The van der Waals surface area contributed by atoms with Crippen LogP contribution in [-0.2, 0) is 4.74 Å². The topological polar surface area (TPSA) is 63.2 Å². The molecule has 1 fully saturated rings. The molecule has 0 spiro atoms. The van der Waals surface area contributed by atoms with Crippen molar-refractivity contribution in [3.05, 3.63) is 35.7 Å². The number of carbonyl (C=O) groups is 1. The van der Waals surface area contributed by atoms with Gasteiger partial charge in [-0.3, -0.25) is 4.79 Å². The summed E-state index contributed by atoms with van der Waals surface area (Å²) in [6.07, 6.45) is 12.6. The van der Waals surface area contributed by atoms with Gasteiger partial charge in [-0.15, -0.1) is 0 Å². The molecule has 1 aromatic heterocycles. The summed E-state index contributed by atoms with van der Waals surface area (Å²) in [4.78, 5) is 16.3. The van der Waals surface area contributed by atoms with Crippen molar-refractivity contribution in [2.24, 2.45) is 0 Å². The van der Waals surface area contributed by atoms with Gasteiger partial charge in [0, 0.05) is 19.7 Å². The summed E-state index contributed by atoms with van der Waals surface area (Å²) in [5.41, 5.74) is 2.97. The van der Waals surface area contributed by atoms with Crippen LogP contribution in [0.5, 0.6) is 0 Å². The molecule has 130 valence electrons. The number of ether oxygens (including phenoxy) is 1. The predicted octanol–water partition coefficient (Wildman–Crippen LogP) is 3.29. The fourth-order valence-electron chi connectivity index (χ4n) is 3.23. The fourth-order valence-corrected chi connectivity index (χ4v) is 3.23. The Balaban J connectivity index is 1.40. The van der Waals surface area contributed by atoms with E-state index in [-0.39, 0.29) is 12.0 Å². The third-order valence-corrected chi connectivity index (χ3v) is 4.67. The summed E-state index contributed by atoms with van der Waals surface area (Å²) in [6, 6.07) is 3.69. The van der Waals surface area contributed by atoms with Crippen LogP contribution >= 0.6 is 0 Å². The van der Waals surface area contributed by atoms with Crippen molar-refractivity contribution in [3.63, 3.8) is 0 Å². The zero-order valence-electron chi connectivity index (χ0n) is 14.2. The lowest BCUT2D eigenvalue weighted by atomic mass is 9.97. The molecule has 2 N–H and O–H groups in total. The molecule has 24 heavy (non-hydrogen) atoms. The molecule has 0 aromatic carbocycles. The number of hydrogen-bond donors (Lipinski definition) is 2. The van der Waals surface area contributed by atoms with Gasteiger partial charge < -0.3 is 15.4 Å². The van der Waals surface area contributed by atoms with Gasteiger partial charge in [0.15, 0.2) is 0 Å². The highest BCUT2D eigenvalue weighted by molar-refractivity contribution is 5.92. The molecule has 0 bridgehead atoms. The summed E-state index contributed by atoms with van der Waals surface area (Å²) in [5.74, 6) is -0.135. The highest BCUT2D eigenvalue weighted by Gasteiger charge is 2.17. The first-order valence-corrected chi connectivity index (χ1v) is 9.09. The lowest BCUT2D eigenvalue weighted by Gasteiger charge is -2.13. The average molecular weight is 329 g/mol. The van der Waals surface area contributed by atoms with Gasteiger partial charge in [0.05, 0.1) is 18.0 Å². The third-order valence-electron chi connectivity index (χ3n) is 4.67. The van der Waals surface area contributed by atoms with Gasteiger partial charge in [0.1, 0.15) is 5.69 Å². The maximum atomic E-state index is 12.1. The molecule has 5 nitrogen and oxygen atoms in total. The normalized spacial score (nSPS) is 20.5. The molecule has 1 aromatic rings. The van der Waals surface area contributed by atoms with Crippen molar-refractivity contribution >= 4 is 11.6 Å². The van der Waals surface area contributed by atoms with E-state index >= 15 is 0 Å². The average Bonchev–Trinajstić information content (AvgIpc) is 3.15. The molecule has 5 heteroatoms. The minimum Gasteiger partial charge on any atom is -0.383 e. The molecular formula is C19H27N3O2. The fraction of sp³-hybridized carbons (Fsp3) is 0.579. The number of allylic oxidation sites excluding steroid dienone is 1. The number of nitrogens with zero attached hydrogens (tertiary/aromatic N) is 1. The monoisotopic (exact) mass is 329 g/mol. The second-order valence-corrected chi connectivity index (χ2v) is 6.56. The van der Waals surface area contributed by atoms with Crippen molar-refractivity contribution < 1.29 is 9.53 Å². The Morgan fingerprint density at radius 1 is 1.29 bits per heavy atom. The number of hydrogen-bond acceptors (Lipinski definition) is 4. The zero-order chi connectivity index (χ0) is 16.6. The predicted molar refractivity (Wildman–Crippen MR) is 95.2 cm³/mol. The highest BCUT2D eigenvalue weighted by Crippen LogP contribution is 2.20. The molecule has 1 atom stereocenters. The molecule has 1 aliphatic heterocycles. The Morgan fingerprint density at radius 2 is 2.25 bits per heavy atom. The smallest absolute Gasteiger partial charge is 0.269 e. The lowest BCUT2D eigenvalue weighted by Crippen LogP contribution is -2.32. The molecule has 1 amide bonds. The van der Waals surface area contributed by atoms with Crippen LogP contribution in [0, 0.1) is 0 Å². The van der Waals surface area contributed by atoms with Crippen LogP contribution in [0.2, 0.25) is 0 Å². The summed E-state index contributed by atoms with van der Waals surface area (Å²) >= 11 is 0. The van der Waals surface area contributed by atoms with Gasteiger partial charge in [-0.2, -0.15) is 0 Å². The zero-order valence-corrected chi connectivity index (χ0v) is 14.2. The second-order valence-electron chi connectivity index (χ2n) is 6.56. The van der Waals surface area contributed by atoms with E-state index in [1.807, 2.05) is 6.07 Å². The molecule has 1 unspecified atom stereocenters. The van der Waals surface area contributed by atoms with Crippen LogP contribution in [0.15, 0.2) is 30.0 Å². The van der Waals surface area contributed by atoms with Gasteiger partial charge in [0.2, 0.25) is 0 Å². The Kier molecular flexibility index (Phi) is 6.24. The summed E-state index contributed by atoms with van der Waals surface area (Å²) in [7, 11) is 0. The molecule has 0 saturated carbocycles. The Bertz CT molecular complexity index is 562. The van der Waals surface area contributed by atoms with Crippen molar-refractivity contribution in [1.29, 1.82) is 0 Å². The number of anilines is 1. The number of carbonyl (C=O) groups excluding carboxylic acids is 1. The van der Waals surface area contributed by atoms with E-state index in [0.717, 1.165) is 38.1 Å².